The number of hydrazone groups is 1. The van der Waals surface area contributed by atoms with Gasteiger partial charge in [0.25, 0.3) is 5.91 Å². The average Bonchev–Trinajstić information content (AvgIpc) is 3.09. The fourth-order valence-corrected chi connectivity index (χ4v) is 3.72. The van der Waals surface area contributed by atoms with Crippen LogP contribution >= 0.6 is 0 Å². The maximum atomic E-state index is 12.9. The van der Waals surface area contributed by atoms with Crippen LogP contribution < -0.4 is 15.6 Å². The van der Waals surface area contributed by atoms with Gasteiger partial charge in [0.2, 0.25) is 5.91 Å². The van der Waals surface area contributed by atoms with E-state index in [2.05, 4.69) is 27.9 Å². The van der Waals surface area contributed by atoms with Gasteiger partial charge < -0.3 is 10.6 Å². The van der Waals surface area contributed by atoms with Gasteiger partial charge in [-0.15, -0.1) is 0 Å². The third-order valence-electron chi connectivity index (χ3n) is 5.22. The minimum absolute atomic E-state index is 0.0488. The standard InChI is InChI=1S/C22H24N4O2/c27-21-18(13-7-8-14-23-21)24-22(28)19-15-20(16-9-3-1-4-10-16)26(25-19)17-11-5-2-6-12-17/h1-6,9-12,18,20H,7-8,13-15H2,(H,23,27)(H,24,28). The number of nitrogens with one attached hydrogen (secondary N) is 2. The molecule has 1 fully saturated rings. The molecule has 6 nitrogen and oxygen atoms in total. The van der Waals surface area contributed by atoms with Gasteiger partial charge in [-0.3, -0.25) is 14.6 Å². The summed E-state index contributed by atoms with van der Waals surface area (Å²) in [5.41, 5.74) is 2.49. The Morgan fingerprint density at radius 3 is 2.50 bits per heavy atom. The summed E-state index contributed by atoms with van der Waals surface area (Å²) in [6.45, 7) is 0.671. The van der Waals surface area contributed by atoms with Gasteiger partial charge >= 0.3 is 0 Å². The van der Waals surface area contributed by atoms with Gasteiger partial charge in [-0.05, 0) is 37.0 Å². The first-order valence-corrected chi connectivity index (χ1v) is 9.77. The van der Waals surface area contributed by atoms with Crippen LogP contribution in [0.5, 0.6) is 0 Å². The van der Waals surface area contributed by atoms with Crippen molar-refractivity contribution in [3.05, 3.63) is 66.2 Å². The SMILES string of the molecule is O=C(NC1CCCCNC1=O)C1=NN(c2ccccc2)C(c2ccccc2)C1. The highest BCUT2D eigenvalue weighted by Gasteiger charge is 2.34. The first-order chi connectivity index (χ1) is 13.7. The largest absolute Gasteiger partial charge is 0.354 e. The van der Waals surface area contributed by atoms with Crippen LogP contribution in [0.25, 0.3) is 0 Å². The lowest BCUT2D eigenvalue weighted by atomic mass is 10.0. The summed E-state index contributed by atoms with van der Waals surface area (Å²) in [5, 5.41) is 12.3. The molecule has 0 aromatic heterocycles. The summed E-state index contributed by atoms with van der Waals surface area (Å²) in [4.78, 5) is 25.0. The lowest BCUT2D eigenvalue weighted by molar-refractivity contribution is -0.126. The highest BCUT2D eigenvalue weighted by molar-refractivity contribution is 6.40. The Labute approximate surface area is 164 Å². The minimum atomic E-state index is -0.487. The van der Waals surface area contributed by atoms with E-state index in [0.29, 0.717) is 25.1 Å². The average molecular weight is 376 g/mol. The molecule has 0 spiro atoms. The van der Waals surface area contributed by atoms with E-state index in [1.807, 2.05) is 53.5 Å². The molecular formula is C22H24N4O2. The van der Waals surface area contributed by atoms with Crippen molar-refractivity contribution in [3.8, 4) is 0 Å². The molecule has 0 bridgehead atoms. The Morgan fingerprint density at radius 2 is 1.75 bits per heavy atom. The maximum absolute atomic E-state index is 12.9. The van der Waals surface area contributed by atoms with Gasteiger partial charge in [0.15, 0.2) is 0 Å². The highest BCUT2D eigenvalue weighted by atomic mass is 16.2. The third kappa shape index (κ3) is 3.91. The molecule has 2 unspecified atom stereocenters. The van der Waals surface area contributed by atoms with E-state index in [0.717, 1.165) is 24.1 Å². The summed E-state index contributed by atoms with van der Waals surface area (Å²) < 4.78 is 0. The summed E-state index contributed by atoms with van der Waals surface area (Å²) in [6, 6.07) is 19.4. The van der Waals surface area contributed by atoms with Crippen LogP contribution in [0.2, 0.25) is 0 Å². The summed E-state index contributed by atoms with van der Waals surface area (Å²) >= 11 is 0. The highest BCUT2D eigenvalue weighted by Crippen LogP contribution is 2.35. The molecule has 2 aromatic carbocycles. The predicted molar refractivity (Wildman–Crippen MR) is 109 cm³/mol. The zero-order valence-electron chi connectivity index (χ0n) is 15.7. The number of benzene rings is 2. The molecule has 1 saturated heterocycles. The predicted octanol–water partition coefficient (Wildman–Crippen LogP) is 2.78. The molecule has 0 saturated carbocycles. The Morgan fingerprint density at radius 1 is 1.04 bits per heavy atom. The minimum Gasteiger partial charge on any atom is -0.354 e. The van der Waals surface area contributed by atoms with Crippen molar-refractivity contribution < 1.29 is 9.59 Å². The van der Waals surface area contributed by atoms with Gasteiger partial charge in [-0.2, -0.15) is 5.10 Å². The Hall–Kier alpha value is -3.15. The zero-order valence-corrected chi connectivity index (χ0v) is 15.7. The van der Waals surface area contributed by atoms with Gasteiger partial charge in [-0.1, -0.05) is 48.5 Å². The molecule has 2 heterocycles. The topological polar surface area (TPSA) is 73.8 Å². The molecule has 144 valence electrons. The number of para-hydroxylation sites is 1. The van der Waals surface area contributed by atoms with Crippen LogP contribution in [0.15, 0.2) is 65.8 Å². The molecule has 2 aliphatic rings. The number of amides is 2. The van der Waals surface area contributed by atoms with Crippen molar-refractivity contribution in [1.29, 1.82) is 0 Å². The van der Waals surface area contributed by atoms with Crippen LogP contribution in [0.1, 0.15) is 37.3 Å². The number of carbonyl (C=O) groups excluding carboxylic acids is 2. The van der Waals surface area contributed by atoms with Crippen molar-refractivity contribution in [2.75, 3.05) is 11.6 Å². The van der Waals surface area contributed by atoms with Crippen molar-refractivity contribution >= 4 is 23.2 Å². The van der Waals surface area contributed by atoms with Crippen molar-refractivity contribution in [1.82, 2.24) is 10.6 Å². The van der Waals surface area contributed by atoms with Gasteiger partial charge in [0.1, 0.15) is 11.8 Å². The number of hydrogen-bond donors (Lipinski definition) is 2. The molecule has 2 N–H and O–H groups in total. The summed E-state index contributed by atoms with van der Waals surface area (Å²) in [7, 11) is 0. The van der Waals surface area contributed by atoms with E-state index in [9.17, 15) is 9.59 Å². The summed E-state index contributed by atoms with van der Waals surface area (Å²) in [5.74, 6) is -0.370. The van der Waals surface area contributed by atoms with Gasteiger partial charge in [-0.25, -0.2) is 0 Å². The Bertz CT molecular complexity index is 867. The molecule has 6 heteroatoms. The lowest BCUT2D eigenvalue weighted by Gasteiger charge is -2.23. The van der Waals surface area contributed by atoms with E-state index in [4.69, 9.17) is 0 Å². The molecule has 2 aliphatic heterocycles. The van der Waals surface area contributed by atoms with Crippen LogP contribution in [-0.2, 0) is 9.59 Å². The third-order valence-corrected chi connectivity index (χ3v) is 5.22. The van der Waals surface area contributed by atoms with Gasteiger partial charge in [0.05, 0.1) is 11.7 Å². The normalized spacial score (nSPS) is 22.2. The second-order valence-electron chi connectivity index (χ2n) is 7.17. The van der Waals surface area contributed by atoms with E-state index < -0.39 is 6.04 Å². The maximum Gasteiger partial charge on any atom is 0.268 e. The number of carbonyl (C=O) groups is 2. The lowest BCUT2D eigenvalue weighted by Crippen LogP contribution is -2.47. The molecular weight excluding hydrogens is 352 g/mol. The molecule has 28 heavy (non-hydrogen) atoms. The first-order valence-electron chi connectivity index (χ1n) is 9.77. The van der Waals surface area contributed by atoms with E-state index >= 15 is 0 Å². The van der Waals surface area contributed by atoms with Crippen molar-refractivity contribution in [3.63, 3.8) is 0 Å². The number of nitrogens with zero attached hydrogens (tertiary/aromatic N) is 2. The fourth-order valence-electron chi connectivity index (χ4n) is 3.72. The van der Waals surface area contributed by atoms with Crippen LogP contribution in [0.3, 0.4) is 0 Å². The van der Waals surface area contributed by atoms with Crippen molar-refractivity contribution in [2.24, 2.45) is 5.10 Å². The van der Waals surface area contributed by atoms with Crippen LogP contribution in [0.4, 0.5) is 5.69 Å². The van der Waals surface area contributed by atoms with E-state index in [1.54, 1.807) is 0 Å². The van der Waals surface area contributed by atoms with E-state index in [-0.39, 0.29) is 17.9 Å². The van der Waals surface area contributed by atoms with Gasteiger partial charge in [0, 0.05) is 13.0 Å². The number of rotatable bonds is 4. The smallest absolute Gasteiger partial charge is 0.268 e. The number of anilines is 1. The van der Waals surface area contributed by atoms with Crippen molar-refractivity contribution in [2.45, 2.75) is 37.8 Å². The summed E-state index contributed by atoms with van der Waals surface area (Å²) in [6.07, 6.45) is 3.02. The Kier molecular flexibility index (Phi) is 5.37. The molecule has 2 amide bonds. The molecule has 0 aliphatic carbocycles. The molecule has 0 radical (unpaired) electrons. The zero-order chi connectivity index (χ0) is 19.3. The number of hydrogen-bond acceptors (Lipinski definition) is 4. The van der Waals surface area contributed by atoms with E-state index in [1.165, 1.54) is 0 Å². The monoisotopic (exact) mass is 376 g/mol. The fraction of sp³-hybridized carbons (Fsp3) is 0.318. The van der Waals surface area contributed by atoms with Crippen LogP contribution in [0, 0.1) is 0 Å². The quantitative estimate of drug-likeness (QED) is 0.862. The molecule has 4 rings (SSSR count). The molecule has 2 aromatic rings. The second kappa shape index (κ2) is 8.25. The van der Waals surface area contributed by atoms with Crippen LogP contribution in [-0.4, -0.2) is 30.1 Å². The first kappa shape index (κ1) is 18.2. The molecule has 2 atom stereocenters. The Balaban J connectivity index is 1.56. The second-order valence-corrected chi connectivity index (χ2v) is 7.17.